The van der Waals surface area contributed by atoms with E-state index in [9.17, 15) is 0 Å². The Morgan fingerprint density at radius 2 is 1.92 bits per heavy atom. The Hall–Kier alpha value is 0.179. The second-order valence-corrected chi connectivity index (χ2v) is 15.7. The molecule has 1 saturated heterocycles. The van der Waals surface area contributed by atoms with Gasteiger partial charge in [-0.25, -0.2) is 0 Å². The van der Waals surface area contributed by atoms with Gasteiger partial charge in [-0.15, -0.1) is 0 Å². The molecular weight excluding hydrogens is 507 g/mol. The maximum absolute atomic E-state index is 6.53. The van der Waals surface area contributed by atoms with Gasteiger partial charge in [0.25, 0.3) is 0 Å². The topological polar surface area (TPSA) is 18.5 Å². The Kier molecular flexibility index (Phi) is 8.74. The van der Waals surface area contributed by atoms with Gasteiger partial charge in [-0.05, 0) is 12.8 Å². The summed E-state index contributed by atoms with van der Waals surface area (Å²) in [5, 5.41) is 0. The number of allylic oxidation sites excluding steroid dienone is 1. The molecule has 0 bridgehead atoms. The summed E-state index contributed by atoms with van der Waals surface area (Å²) in [7, 11) is 0. The van der Waals surface area contributed by atoms with E-state index in [0.29, 0.717) is 16.9 Å². The summed E-state index contributed by atoms with van der Waals surface area (Å²) < 4.78 is 12.5. The van der Waals surface area contributed by atoms with Crippen LogP contribution >= 0.6 is 0 Å². The van der Waals surface area contributed by atoms with Gasteiger partial charge >= 0.3 is 212 Å². The molecule has 36 heavy (non-hydrogen) atoms. The van der Waals surface area contributed by atoms with Crippen LogP contribution in [0.25, 0.3) is 0 Å². The first kappa shape index (κ1) is 27.7. The number of hydrogen-bond acceptors (Lipinski definition) is 2. The van der Waals surface area contributed by atoms with E-state index in [2.05, 4.69) is 56.7 Å². The minimum absolute atomic E-state index is 0.0581. The summed E-state index contributed by atoms with van der Waals surface area (Å²) in [5.74, 6) is 5.35. The number of rotatable bonds is 8. The van der Waals surface area contributed by atoms with Crippen LogP contribution in [0.2, 0.25) is 4.82 Å². The van der Waals surface area contributed by atoms with Crippen molar-refractivity contribution < 1.29 is 9.47 Å². The zero-order valence-corrected chi connectivity index (χ0v) is 26.0. The normalized spacial score (nSPS) is 45.5. The van der Waals surface area contributed by atoms with E-state index in [-0.39, 0.29) is 6.29 Å². The fraction of sp³-hybridized carbons (Fsp3) is 0.939. The number of fused-ring (bicyclic) bond motifs is 5. The van der Waals surface area contributed by atoms with Crippen LogP contribution in [-0.4, -0.2) is 35.0 Å². The summed E-state index contributed by atoms with van der Waals surface area (Å²) in [6, 6.07) is 0. The molecule has 2 unspecified atom stereocenters. The van der Waals surface area contributed by atoms with Gasteiger partial charge in [-0.1, -0.05) is 0 Å². The van der Waals surface area contributed by atoms with Crippen LogP contribution in [0.5, 0.6) is 0 Å². The van der Waals surface area contributed by atoms with Crippen LogP contribution in [0.15, 0.2) is 11.6 Å². The first-order chi connectivity index (χ1) is 17.3. The van der Waals surface area contributed by atoms with E-state index in [4.69, 9.17) is 9.47 Å². The van der Waals surface area contributed by atoms with Gasteiger partial charge in [0.1, 0.15) is 0 Å². The van der Waals surface area contributed by atoms with Crippen LogP contribution in [0.3, 0.4) is 0 Å². The molecule has 2 nitrogen and oxygen atoms in total. The van der Waals surface area contributed by atoms with Crippen LogP contribution < -0.4 is 0 Å². The average Bonchev–Trinajstić information content (AvgIpc) is 3.14. The summed E-state index contributed by atoms with van der Waals surface area (Å²) in [6.07, 6.45) is 21.8. The Balaban J connectivity index is 1.30. The summed E-state index contributed by atoms with van der Waals surface area (Å²) in [6.45, 7) is 13.5. The molecule has 0 amide bonds. The van der Waals surface area contributed by atoms with E-state index in [1.807, 2.05) is 0 Å². The predicted octanol–water partition coefficient (Wildman–Crippen LogP) is 8.63. The Morgan fingerprint density at radius 3 is 2.64 bits per heavy atom. The average molecular weight is 564 g/mol. The molecule has 0 aromatic carbocycles. The summed E-state index contributed by atoms with van der Waals surface area (Å²) >= 11 is 3.17. The van der Waals surface area contributed by atoms with Gasteiger partial charge in [-0.3, -0.25) is 0 Å². The Labute approximate surface area is 231 Å². The third-order valence-corrected chi connectivity index (χ3v) is 13.2. The van der Waals surface area contributed by atoms with Gasteiger partial charge in [-0.2, -0.15) is 0 Å². The molecule has 0 N–H and O–H groups in total. The van der Waals surface area contributed by atoms with Crippen molar-refractivity contribution in [3.8, 4) is 0 Å². The molecule has 5 rings (SSSR count). The first-order valence-corrected chi connectivity index (χ1v) is 17.0. The molecule has 4 aliphatic carbocycles. The standard InChI is InChI=1S/C33H56O2Se/c1-6-33-18-15-25(35-30-12-7-8-19-34-30)20-24(33)13-14-26-27(33)16-17-32(5)28(26)21-29(36)31(32)23(4)11-9-10-22(2)3/h13,22-23,25-31,36H,6-12,14-21H2,1-5H3/t23-,25+,26-,27+,28+,29?,30?,31+,32+,33+/m1/s1. The van der Waals surface area contributed by atoms with Crippen molar-refractivity contribution in [3.05, 3.63) is 11.6 Å². The summed E-state index contributed by atoms with van der Waals surface area (Å²) in [4.78, 5) is 0.836. The van der Waals surface area contributed by atoms with Crippen molar-refractivity contribution in [1.29, 1.82) is 0 Å². The fourth-order valence-electron chi connectivity index (χ4n) is 10.3. The van der Waals surface area contributed by atoms with Gasteiger partial charge < -0.3 is 0 Å². The number of hydrogen-bond donors (Lipinski definition) is 0. The Morgan fingerprint density at radius 1 is 1.08 bits per heavy atom. The van der Waals surface area contributed by atoms with E-state index >= 15 is 0 Å². The minimum atomic E-state index is 0.0581. The monoisotopic (exact) mass is 564 g/mol. The van der Waals surface area contributed by atoms with Crippen molar-refractivity contribution in [1.82, 2.24) is 0 Å². The molecule has 206 valence electrons. The molecular formula is C33H56O2Se. The van der Waals surface area contributed by atoms with Crippen LogP contribution in [0, 0.1) is 46.3 Å². The summed E-state index contributed by atoms with van der Waals surface area (Å²) in [5.41, 5.74) is 2.79. The molecule has 10 atom stereocenters. The van der Waals surface area contributed by atoms with Gasteiger partial charge in [0.15, 0.2) is 0 Å². The van der Waals surface area contributed by atoms with Crippen molar-refractivity contribution in [3.63, 3.8) is 0 Å². The molecule has 0 aromatic heterocycles. The van der Waals surface area contributed by atoms with Gasteiger partial charge in [0, 0.05) is 6.61 Å². The molecule has 0 spiro atoms. The molecule has 4 fully saturated rings. The molecule has 3 saturated carbocycles. The maximum atomic E-state index is 6.53. The zero-order valence-electron chi connectivity index (χ0n) is 24.1. The van der Waals surface area contributed by atoms with E-state index < -0.39 is 0 Å². The van der Waals surface area contributed by atoms with Crippen LogP contribution in [0.1, 0.15) is 125 Å². The van der Waals surface area contributed by atoms with Gasteiger partial charge in [0.05, 0.1) is 0 Å². The molecule has 1 aliphatic heterocycles. The van der Waals surface area contributed by atoms with Gasteiger partial charge in [0.2, 0.25) is 0 Å². The molecule has 3 heteroatoms. The van der Waals surface area contributed by atoms with Crippen LogP contribution in [0.4, 0.5) is 0 Å². The van der Waals surface area contributed by atoms with Crippen molar-refractivity contribution in [2.75, 3.05) is 6.61 Å². The third kappa shape index (κ3) is 5.07. The predicted molar refractivity (Wildman–Crippen MR) is 152 cm³/mol. The SMILES string of the molecule is CC[C@]12CC[C@H](OC3CCCCO3)CC1=CC[C@@H]1[C@@H]2CC[C@]2(C)[C@@H]([C@H](C)CCCC(C)C)C([SeH])C[C@@H]12. The molecule has 5 aliphatic rings. The first-order valence-electron chi connectivity index (χ1n) is 15.9. The molecule has 1 heterocycles. The molecule has 0 radical (unpaired) electrons. The number of ether oxygens (including phenoxy) is 2. The second kappa shape index (κ2) is 11.3. The van der Waals surface area contributed by atoms with E-state index in [1.165, 1.54) is 83.5 Å². The second-order valence-electron chi connectivity index (χ2n) is 14.3. The Bertz CT molecular complexity index is 772. The third-order valence-electron chi connectivity index (χ3n) is 12.1. The van der Waals surface area contributed by atoms with Crippen molar-refractivity contribution in [2.24, 2.45) is 46.3 Å². The zero-order chi connectivity index (χ0) is 25.5. The van der Waals surface area contributed by atoms with E-state index in [0.717, 1.165) is 53.4 Å². The van der Waals surface area contributed by atoms with Crippen LogP contribution in [-0.2, 0) is 9.47 Å². The van der Waals surface area contributed by atoms with E-state index in [1.54, 1.807) is 5.57 Å². The van der Waals surface area contributed by atoms with Crippen molar-refractivity contribution >= 4 is 16.0 Å². The molecule has 0 aromatic rings. The van der Waals surface area contributed by atoms with Crippen molar-refractivity contribution in [2.45, 2.75) is 142 Å². The fourth-order valence-corrected chi connectivity index (χ4v) is 12.2. The quantitative estimate of drug-likeness (QED) is 0.217.